The second-order valence-electron chi connectivity index (χ2n) is 6.89. The van der Waals surface area contributed by atoms with Crippen LogP contribution in [-0.2, 0) is 4.79 Å². The monoisotopic (exact) mass is 447 g/mol. The van der Waals surface area contributed by atoms with E-state index in [4.69, 9.17) is 9.47 Å². The third-order valence-corrected chi connectivity index (χ3v) is 5.39. The van der Waals surface area contributed by atoms with Crippen LogP contribution in [0, 0.1) is 18.3 Å². The average molecular weight is 448 g/mol. The van der Waals surface area contributed by atoms with Gasteiger partial charge < -0.3 is 9.47 Å². The Morgan fingerprint density at radius 3 is 2.59 bits per heavy atom. The van der Waals surface area contributed by atoms with Crippen molar-refractivity contribution in [3.8, 4) is 28.8 Å². The van der Waals surface area contributed by atoms with E-state index in [-0.39, 0.29) is 5.57 Å². The number of carbonyl (C=O) groups is 1. The summed E-state index contributed by atoms with van der Waals surface area (Å²) in [6.45, 7) is 7.07. The van der Waals surface area contributed by atoms with E-state index in [9.17, 15) is 10.1 Å². The highest BCUT2D eigenvalue weighted by Gasteiger charge is 2.16. The van der Waals surface area contributed by atoms with Gasteiger partial charge in [-0.3, -0.25) is 10.1 Å². The fourth-order valence-electron chi connectivity index (χ4n) is 3.01. The zero-order valence-electron chi connectivity index (χ0n) is 18.3. The van der Waals surface area contributed by atoms with Crippen LogP contribution in [0.15, 0.2) is 54.1 Å². The van der Waals surface area contributed by atoms with Gasteiger partial charge in [-0.15, -0.1) is 11.3 Å². The van der Waals surface area contributed by atoms with Gasteiger partial charge in [-0.05, 0) is 56.7 Å². The number of para-hydroxylation sites is 1. The van der Waals surface area contributed by atoms with Crippen LogP contribution in [0.1, 0.15) is 30.7 Å². The average Bonchev–Trinajstić information content (AvgIpc) is 3.17. The molecule has 7 heteroatoms. The molecule has 3 aromatic rings. The Labute approximate surface area is 192 Å². The number of thiazole rings is 1. The van der Waals surface area contributed by atoms with Crippen molar-refractivity contribution in [1.29, 1.82) is 5.26 Å². The first kappa shape index (κ1) is 23.0. The third-order valence-electron chi connectivity index (χ3n) is 4.50. The van der Waals surface area contributed by atoms with E-state index in [1.165, 1.54) is 17.4 Å². The van der Waals surface area contributed by atoms with Crippen LogP contribution >= 0.6 is 11.3 Å². The molecule has 0 aliphatic heterocycles. The maximum absolute atomic E-state index is 12.8. The molecule has 1 amide bonds. The van der Waals surface area contributed by atoms with Gasteiger partial charge in [0.2, 0.25) is 0 Å². The number of ether oxygens (including phenoxy) is 2. The molecule has 0 spiro atoms. The molecule has 1 heterocycles. The molecule has 3 rings (SSSR count). The fourth-order valence-corrected chi connectivity index (χ4v) is 3.84. The Morgan fingerprint density at radius 2 is 1.91 bits per heavy atom. The lowest BCUT2D eigenvalue weighted by atomic mass is 10.1. The molecule has 2 aromatic carbocycles. The second kappa shape index (κ2) is 11.1. The van der Waals surface area contributed by atoms with Crippen molar-refractivity contribution in [2.24, 2.45) is 0 Å². The molecule has 164 valence electrons. The zero-order valence-corrected chi connectivity index (χ0v) is 19.2. The number of nitrogens with zero attached hydrogens (tertiary/aromatic N) is 2. The summed E-state index contributed by atoms with van der Waals surface area (Å²) in [5.41, 5.74) is 2.38. The van der Waals surface area contributed by atoms with E-state index in [2.05, 4.69) is 10.3 Å². The highest BCUT2D eigenvalue weighted by molar-refractivity contribution is 7.16. The van der Waals surface area contributed by atoms with E-state index >= 15 is 0 Å². The summed E-state index contributed by atoms with van der Waals surface area (Å²) in [6, 6.07) is 17.0. The number of hydrogen-bond donors (Lipinski definition) is 1. The Balaban J connectivity index is 1.79. The fraction of sp³-hybridized carbons (Fsp3) is 0.240. The molecule has 1 aromatic heterocycles. The summed E-state index contributed by atoms with van der Waals surface area (Å²) in [7, 11) is 0. The number of amides is 1. The van der Waals surface area contributed by atoms with Crippen molar-refractivity contribution in [3.05, 3.63) is 64.5 Å². The summed E-state index contributed by atoms with van der Waals surface area (Å²) in [4.78, 5) is 18.3. The summed E-state index contributed by atoms with van der Waals surface area (Å²) in [6.07, 6.45) is 2.40. The number of aromatic nitrogens is 1. The van der Waals surface area contributed by atoms with Gasteiger partial charge in [0, 0.05) is 16.0 Å². The molecule has 0 aliphatic carbocycles. The Bertz CT molecular complexity index is 1140. The minimum absolute atomic E-state index is 0.0204. The summed E-state index contributed by atoms with van der Waals surface area (Å²) in [5, 5.41) is 12.8. The van der Waals surface area contributed by atoms with Crippen molar-refractivity contribution in [2.75, 3.05) is 18.5 Å². The highest BCUT2D eigenvalue weighted by Crippen LogP contribution is 2.31. The standard InChI is InChI=1S/C25H25N3O3S/c1-4-14-31-22-9-7-6-8-19(22)15-20(16-26)24(29)28-25-27-23(17(3)32-25)18-10-12-21(13-11-18)30-5-2/h6-13,15H,4-5,14H2,1-3H3,(H,27,28,29)/b20-15+. The lowest BCUT2D eigenvalue weighted by molar-refractivity contribution is -0.112. The van der Waals surface area contributed by atoms with Crippen LogP contribution in [0.3, 0.4) is 0 Å². The van der Waals surface area contributed by atoms with Crippen molar-refractivity contribution < 1.29 is 14.3 Å². The highest BCUT2D eigenvalue weighted by atomic mass is 32.1. The van der Waals surface area contributed by atoms with E-state index in [0.29, 0.717) is 29.7 Å². The number of nitrogens with one attached hydrogen (secondary N) is 1. The van der Waals surface area contributed by atoms with Crippen LogP contribution in [0.2, 0.25) is 0 Å². The molecule has 0 saturated carbocycles. The number of nitriles is 1. The Hall–Kier alpha value is -3.63. The second-order valence-corrected chi connectivity index (χ2v) is 8.09. The molecule has 6 nitrogen and oxygen atoms in total. The first-order chi connectivity index (χ1) is 15.5. The van der Waals surface area contributed by atoms with Gasteiger partial charge in [0.25, 0.3) is 5.91 Å². The SMILES string of the molecule is CCCOc1ccccc1/C=C(\C#N)C(=O)Nc1nc(-c2ccc(OCC)cc2)c(C)s1. The third kappa shape index (κ3) is 5.74. The topological polar surface area (TPSA) is 84.2 Å². The Morgan fingerprint density at radius 1 is 1.16 bits per heavy atom. The molecule has 0 bridgehead atoms. The number of anilines is 1. The maximum Gasteiger partial charge on any atom is 0.268 e. The molecule has 0 radical (unpaired) electrons. The van der Waals surface area contributed by atoms with E-state index in [1.807, 2.05) is 75.4 Å². The van der Waals surface area contributed by atoms with Gasteiger partial charge in [0.05, 0.1) is 18.9 Å². The summed E-state index contributed by atoms with van der Waals surface area (Å²) < 4.78 is 11.2. The predicted octanol–water partition coefficient (Wildman–Crippen LogP) is 5.85. The van der Waals surface area contributed by atoms with E-state index < -0.39 is 5.91 Å². The van der Waals surface area contributed by atoms with Gasteiger partial charge in [0.1, 0.15) is 23.1 Å². The molecule has 0 aliphatic rings. The first-order valence-electron chi connectivity index (χ1n) is 10.4. The number of rotatable bonds is 9. The van der Waals surface area contributed by atoms with Crippen LogP contribution < -0.4 is 14.8 Å². The molecule has 0 unspecified atom stereocenters. The van der Waals surface area contributed by atoms with Crippen molar-refractivity contribution in [3.63, 3.8) is 0 Å². The van der Waals surface area contributed by atoms with Crippen molar-refractivity contribution in [1.82, 2.24) is 4.98 Å². The van der Waals surface area contributed by atoms with Crippen LogP contribution in [0.5, 0.6) is 11.5 Å². The molecule has 1 N–H and O–H groups in total. The summed E-state index contributed by atoms with van der Waals surface area (Å²) >= 11 is 1.36. The van der Waals surface area contributed by atoms with Gasteiger partial charge in [-0.2, -0.15) is 5.26 Å². The lowest BCUT2D eigenvalue weighted by Crippen LogP contribution is -2.13. The minimum atomic E-state index is -0.509. The van der Waals surface area contributed by atoms with Gasteiger partial charge in [-0.1, -0.05) is 25.1 Å². The van der Waals surface area contributed by atoms with E-state index in [0.717, 1.165) is 28.3 Å². The number of carbonyl (C=O) groups excluding carboxylic acids is 1. The molecular formula is C25H25N3O3S. The van der Waals surface area contributed by atoms with Gasteiger partial charge in [-0.25, -0.2) is 4.98 Å². The molecule has 0 fully saturated rings. The normalized spacial score (nSPS) is 11.0. The zero-order chi connectivity index (χ0) is 22.9. The van der Waals surface area contributed by atoms with Gasteiger partial charge in [0.15, 0.2) is 5.13 Å². The van der Waals surface area contributed by atoms with Crippen LogP contribution in [0.25, 0.3) is 17.3 Å². The number of benzene rings is 2. The van der Waals surface area contributed by atoms with Crippen LogP contribution in [-0.4, -0.2) is 24.1 Å². The van der Waals surface area contributed by atoms with Crippen molar-refractivity contribution in [2.45, 2.75) is 27.2 Å². The maximum atomic E-state index is 12.8. The molecular weight excluding hydrogens is 422 g/mol. The van der Waals surface area contributed by atoms with Crippen molar-refractivity contribution >= 4 is 28.5 Å². The lowest BCUT2D eigenvalue weighted by Gasteiger charge is -2.08. The molecule has 32 heavy (non-hydrogen) atoms. The predicted molar refractivity (Wildman–Crippen MR) is 128 cm³/mol. The minimum Gasteiger partial charge on any atom is -0.494 e. The largest absolute Gasteiger partial charge is 0.494 e. The summed E-state index contributed by atoms with van der Waals surface area (Å²) in [5.74, 6) is 0.923. The smallest absolute Gasteiger partial charge is 0.268 e. The Kier molecular flexibility index (Phi) is 8.01. The number of aryl methyl sites for hydroxylation is 1. The van der Waals surface area contributed by atoms with Gasteiger partial charge >= 0.3 is 0 Å². The molecule has 0 saturated heterocycles. The first-order valence-corrected chi connectivity index (χ1v) is 11.2. The van der Waals surface area contributed by atoms with E-state index in [1.54, 1.807) is 0 Å². The molecule has 0 atom stereocenters. The van der Waals surface area contributed by atoms with Crippen LogP contribution in [0.4, 0.5) is 5.13 Å². The number of hydrogen-bond acceptors (Lipinski definition) is 6. The quantitative estimate of drug-likeness (QED) is 0.328.